The molecule has 0 unspecified atom stereocenters. The summed E-state index contributed by atoms with van der Waals surface area (Å²) >= 11 is 5.87. The van der Waals surface area contributed by atoms with Gasteiger partial charge < -0.3 is 14.8 Å². The van der Waals surface area contributed by atoms with Gasteiger partial charge in [-0.05, 0) is 30.3 Å². The zero-order valence-electron chi connectivity index (χ0n) is 13.9. The number of amides is 1. The third kappa shape index (κ3) is 3.13. The highest BCUT2D eigenvalue weighted by atomic mass is 35.5. The molecule has 1 N–H and O–H groups in total. The summed E-state index contributed by atoms with van der Waals surface area (Å²) in [6, 6.07) is 8.66. The number of aromatic nitrogens is 3. The summed E-state index contributed by atoms with van der Waals surface area (Å²) < 4.78 is 0. The van der Waals surface area contributed by atoms with Crippen molar-refractivity contribution in [1.29, 1.82) is 0 Å². The number of H-pyrrole nitrogens is 1. The summed E-state index contributed by atoms with van der Waals surface area (Å²) in [5.74, 6) is 0.711. The van der Waals surface area contributed by atoms with Crippen LogP contribution in [0.15, 0.2) is 47.7 Å². The lowest BCUT2D eigenvalue weighted by Crippen LogP contribution is -2.49. The van der Waals surface area contributed by atoms with Gasteiger partial charge in [-0.3, -0.25) is 9.59 Å². The van der Waals surface area contributed by atoms with Gasteiger partial charge in [-0.2, -0.15) is 0 Å². The Balaban J connectivity index is 1.48. The number of pyridine rings is 1. The van der Waals surface area contributed by atoms with Crippen LogP contribution in [0.3, 0.4) is 0 Å². The fraction of sp³-hybridized carbons (Fsp3) is 0.222. The Morgan fingerprint density at radius 2 is 1.81 bits per heavy atom. The van der Waals surface area contributed by atoms with Crippen LogP contribution in [-0.4, -0.2) is 51.9 Å². The monoisotopic (exact) mass is 369 g/mol. The van der Waals surface area contributed by atoms with E-state index in [-0.39, 0.29) is 11.5 Å². The molecule has 1 aromatic carbocycles. The van der Waals surface area contributed by atoms with E-state index in [1.165, 1.54) is 6.33 Å². The van der Waals surface area contributed by atoms with Crippen LogP contribution in [0.5, 0.6) is 0 Å². The predicted octanol–water partition coefficient (Wildman–Crippen LogP) is 1.93. The summed E-state index contributed by atoms with van der Waals surface area (Å²) in [5, 5.41) is 1.12. The second kappa shape index (κ2) is 6.76. The average molecular weight is 370 g/mol. The van der Waals surface area contributed by atoms with Gasteiger partial charge in [0.05, 0.1) is 23.4 Å². The molecule has 0 radical (unpaired) electrons. The zero-order valence-corrected chi connectivity index (χ0v) is 14.6. The van der Waals surface area contributed by atoms with E-state index in [1.54, 1.807) is 36.5 Å². The lowest BCUT2D eigenvalue weighted by atomic mass is 10.2. The van der Waals surface area contributed by atoms with Crippen molar-refractivity contribution in [3.8, 4) is 0 Å². The van der Waals surface area contributed by atoms with E-state index in [1.807, 2.05) is 4.90 Å². The first kappa shape index (κ1) is 16.5. The molecule has 0 aliphatic carbocycles. The number of nitrogens with one attached hydrogen (secondary N) is 1. The van der Waals surface area contributed by atoms with Crippen LogP contribution < -0.4 is 10.5 Å². The minimum Gasteiger partial charge on any atom is -0.353 e. The summed E-state index contributed by atoms with van der Waals surface area (Å²) in [5.41, 5.74) is 1.01. The molecule has 3 aromatic rings. The van der Waals surface area contributed by atoms with Gasteiger partial charge in [-0.15, -0.1) is 0 Å². The van der Waals surface area contributed by atoms with E-state index in [4.69, 9.17) is 11.6 Å². The molecule has 26 heavy (non-hydrogen) atoms. The van der Waals surface area contributed by atoms with Crippen molar-refractivity contribution in [1.82, 2.24) is 19.9 Å². The highest BCUT2D eigenvalue weighted by Crippen LogP contribution is 2.18. The number of piperazine rings is 1. The Morgan fingerprint density at radius 3 is 2.54 bits per heavy atom. The molecule has 0 atom stereocenters. The third-order valence-corrected chi connectivity index (χ3v) is 4.75. The largest absolute Gasteiger partial charge is 0.353 e. The van der Waals surface area contributed by atoms with E-state index in [9.17, 15) is 9.59 Å². The minimum absolute atomic E-state index is 0.00608. The Bertz CT molecular complexity index is 1010. The number of anilines is 1. The van der Waals surface area contributed by atoms with Gasteiger partial charge >= 0.3 is 0 Å². The molecular weight excluding hydrogens is 354 g/mol. The average Bonchev–Trinajstić information content (AvgIpc) is 2.68. The van der Waals surface area contributed by atoms with E-state index < -0.39 is 0 Å². The molecular formula is C18H16ClN5O2. The van der Waals surface area contributed by atoms with Gasteiger partial charge in [0, 0.05) is 36.8 Å². The highest BCUT2D eigenvalue weighted by molar-refractivity contribution is 6.30. The predicted molar refractivity (Wildman–Crippen MR) is 99.7 cm³/mol. The zero-order chi connectivity index (χ0) is 18.1. The Hall–Kier alpha value is -2.93. The molecule has 1 aliphatic rings. The number of hydrogen-bond donors (Lipinski definition) is 1. The molecule has 2 aromatic heterocycles. The summed E-state index contributed by atoms with van der Waals surface area (Å²) in [7, 11) is 0. The Kier molecular flexibility index (Phi) is 4.30. The van der Waals surface area contributed by atoms with E-state index in [2.05, 4.69) is 19.9 Å². The van der Waals surface area contributed by atoms with Crippen LogP contribution in [0.4, 0.5) is 5.82 Å². The number of benzene rings is 1. The number of carbonyl (C=O) groups is 1. The van der Waals surface area contributed by atoms with Crippen molar-refractivity contribution in [2.24, 2.45) is 0 Å². The number of aromatic amines is 1. The highest BCUT2D eigenvalue weighted by Gasteiger charge is 2.23. The molecule has 1 fully saturated rings. The number of nitrogens with zero attached hydrogens (tertiary/aromatic N) is 4. The number of fused-ring (bicyclic) bond motifs is 1. The molecule has 4 rings (SSSR count). The third-order valence-electron chi connectivity index (χ3n) is 4.49. The lowest BCUT2D eigenvalue weighted by Gasteiger charge is -2.35. The van der Waals surface area contributed by atoms with Crippen LogP contribution in [0.1, 0.15) is 10.4 Å². The Labute approximate surface area is 154 Å². The summed E-state index contributed by atoms with van der Waals surface area (Å²) in [6.45, 7) is 2.47. The first-order valence-corrected chi connectivity index (χ1v) is 8.63. The number of rotatable bonds is 2. The van der Waals surface area contributed by atoms with Gasteiger partial charge in [0.25, 0.3) is 11.5 Å². The van der Waals surface area contributed by atoms with E-state index in [0.717, 1.165) is 5.82 Å². The molecule has 1 aliphatic heterocycles. The molecule has 0 spiro atoms. The van der Waals surface area contributed by atoms with Crippen LogP contribution in [0.2, 0.25) is 5.02 Å². The first-order valence-electron chi connectivity index (χ1n) is 8.25. The first-order chi connectivity index (χ1) is 12.6. The maximum Gasteiger partial charge on any atom is 0.258 e. The fourth-order valence-electron chi connectivity index (χ4n) is 3.05. The Morgan fingerprint density at radius 1 is 1.08 bits per heavy atom. The van der Waals surface area contributed by atoms with E-state index in [0.29, 0.717) is 47.7 Å². The van der Waals surface area contributed by atoms with Crippen LogP contribution >= 0.6 is 11.6 Å². The number of carbonyl (C=O) groups excluding carboxylic acids is 1. The molecule has 0 bridgehead atoms. The van der Waals surface area contributed by atoms with Crippen molar-refractivity contribution in [3.05, 3.63) is 63.8 Å². The SMILES string of the molecule is O=C(c1ccc(Cl)cc1)N1CCN(c2cc3c(=O)[nH]cnc3cn2)CC1. The number of halogens is 1. The number of hydrogen-bond acceptors (Lipinski definition) is 5. The normalized spacial score (nSPS) is 14.7. The van der Waals surface area contributed by atoms with Gasteiger partial charge in [0.1, 0.15) is 5.82 Å². The molecule has 0 saturated carbocycles. The molecule has 1 saturated heterocycles. The van der Waals surface area contributed by atoms with Crippen LogP contribution in [0.25, 0.3) is 10.9 Å². The van der Waals surface area contributed by atoms with Gasteiger partial charge in [-0.1, -0.05) is 11.6 Å². The minimum atomic E-state index is -0.185. The molecule has 132 valence electrons. The van der Waals surface area contributed by atoms with Gasteiger partial charge in [0.2, 0.25) is 0 Å². The molecule has 8 heteroatoms. The van der Waals surface area contributed by atoms with Gasteiger partial charge in [-0.25, -0.2) is 9.97 Å². The van der Waals surface area contributed by atoms with E-state index >= 15 is 0 Å². The standard InChI is InChI=1S/C18H16ClN5O2/c19-13-3-1-12(2-4-13)18(26)24-7-5-23(6-8-24)16-9-14-15(10-20-16)21-11-22-17(14)25/h1-4,9-11H,5-8H2,(H,21,22,25). The lowest BCUT2D eigenvalue weighted by molar-refractivity contribution is 0.0746. The van der Waals surface area contributed by atoms with Crippen LogP contribution in [-0.2, 0) is 0 Å². The molecule has 1 amide bonds. The van der Waals surface area contributed by atoms with Crippen molar-refractivity contribution >= 4 is 34.2 Å². The van der Waals surface area contributed by atoms with Crippen LogP contribution in [0, 0.1) is 0 Å². The second-order valence-corrected chi connectivity index (χ2v) is 6.51. The molecule has 7 nitrogen and oxygen atoms in total. The molecule has 3 heterocycles. The summed E-state index contributed by atoms with van der Waals surface area (Å²) in [6.07, 6.45) is 2.97. The van der Waals surface area contributed by atoms with Crippen molar-refractivity contribution in [2.75, 3.05) is 31.1 Å². The van der Waals surface area contributed by atoms with Gasteiger partial charge in [0.15, 0.2) is 0 Å². The quantitative estimate of drug-likeness (QED) is 0.746. The van der Waals surface area contributed by atoms with Crippen molar-refractivity contribution in [3.63, 3.8) is 0 Å². The fourth-order valence-corrected chi connectivity index (χ4v) is 3.17. The smallest absolute Gasteiger partial charge is 0.258 e. The maximum atomic E-state index is 12.6. The second-order valence-electron chi connectivity index (χ2n) is 6.08. The van der Waals surface area contributed by atoms with Crippen molar-refractivity contribution in [2.45, 2.75) is 0 Å². The summed E-state index contributed by atoms with van der Waals surface area (Å²) in [4.78, 5) is 39.5. The topological polar surface area (TPSA) is 82.2 Å². The maximum absolute atomic E-state index is 12.6. The van der Waals surface area contributed by atoms with Crippen molar-refractivity contribution < 1.29 is 4.79 Å².